The van der Waals surface area contributed by atoms with Gasteiger partial charge in [-0.25, -0.2) is 9.37 Å². The highest BCUT2D eigenvalue weighted by Gasteiger charge is 2.38. The topological polar surface area (TPSA) is 77.2 Å². The predicted octanol–water partition coefficient (Wildman–Crippen LogP) is 2.64. The first-order valence-electron chi connectivity index (χ1n) is 7.42. The molecule has 0 atom stereocenters. The van der Waals surface area contributed by atoms with Crippen LogP contribution in [-0.4, -0.2) is 30.6 Å². The second kappa shape index (κ2) is 6.64. The number of thiazole rings is 1. The van der Waals surface area contributed by atoms with E-state index in [0.717, 1.165) is 16.4 Å². The van der Waals surface area contributed by atoms with Crippen LogP contribution in [0.3, 0.4) is 0 Å². The summed E-state index contributed by atoms with van der Waals surface area (Å²) in [5.74, 6) is -0.575. The molecule has 0 radical (unpaired) electrons. The zero-order chi connectivity index (χ0) is 16.3. The molecule has 3 N–H and O–H groups in total. The normalized spacial score (nSPS) is 16.9. The molecular formula is C16H18FN3O2S. The van der Waals surface area contributed by atoms with Gasteiger partial charge in [0.15, 0.2) is 5.13 Å². The Hall–Kier alpha value is -1.99. The van der Waals surface area contributed by atoms with E-state index in [-0.39, 0.29) is 11.7 Å². The van der Waals surface area contributed by atoms with Gasteiger partial charge in [0, 0.05) is 30.7 Å². The van der Waals surface area contributed by atoms with Crippen molar-refractivity contribution in [3.8, 4) is 11.3 Å². The summed E-state index contributed by atoms with van der Waals surface area (Å²) in [6.45, 7) is 1.54. The molecule has 1 aromatic carbocycles. The fourth-order valence-electron chi connectivity index (χ4n) is 2.63. The van der Waals surface area contributed by atoms with Crippen LogP contribution in [0.5, 0.6) is 0 Å². The number of nitrogens with zero attached hydrogens (tertiary/aromatic N) is 1. The molecule has 0 bridgehead atoms. The van der Waals surface area contributed by atoms with E-state index in [9.17, 15) is 9.18 Å². The van der Waals surface area contributed by atoms with Crippen molar-refractivity contribution in [2.45, 2.75) is 12.8 Å². The Bertz CT molecular complexity index is 681. The van der Waals surface area contributed by atoms with Crippen LogP contribution in [-0.2, 0) is 9.53 Å². The minimum absolute atomic E-state index is 0.273. The maximum absolute atomic E-state index is 13.0. The number of rotatable bonds is 5. The molecule has 0 spiro atoms. The summed E-state index contributed by atoms with van der Waals surface area (Å²) < 4.78 is 18.3. The average molecular weight is 335 g/mol. The standard InChI is InChI=1S/C16H18FN3O2S/c17-12-3-1-11(2-4-12)13-9-23-15(20-13)19-10-16(14(18)21)5-7-22-8-6-16/h1-4,9H,5-8,10H2,(H2,18,21)(H,19,20). The van der Waals surface area contributed by atoms with E-state index in [1.165, 1.54) is 23.5 Å². The van der Waals surface area contributed by atoms with Gasteiger partial charge in [0.2, 0.25) is 5.91 Å². The Labute approximate surface area is 137 Å². The smallest absolute Gasteiger partial charge is 0.225 e. The second-order valence-corrected chi connectivity index (χ2v) is 6.51. The molecule has 3 rings (SSSR count). The first kappa shape index (κ1) is 15.9. The third-order valence-corrected chi connectivity index (χ3v) is 4.99. The Kier molecular flexibility index (Phi) is 4.58. The summed E-state index contributed by atoms with van der Waals surface area (Å²) >= 11 is 1.45. The van der Waals surface area contributed by atoms with Crippen molar-refractivity contribution in [2.75, 3.05) is 25.1 Å². The van der Waals surface area contributed by atoms with Crippen LogP contribution in [0.25, 0.3) is 11.3 Å². The van der Waals surface area contributed by atoms with Gasteiger partial charge in [-0.15, -0.1) is 11.3 Å². The number of carbonyl (C=O) groups excluding carboxylic acids is 1. The number of carbonyl (C=O) groups is 1. The van der Waals surface area contributed by atoms with Crippen LogP contribution in [0, 0.1) is 11.2 Å². The summed E-state index contributed by atoms with van der Waals surface area (Å²) in [6.07, 6.45) is 1.23. The van der Waals surface area contributed by atoms with Crippen molar-refractivity contribution in [3.63, 3.8) is 0 Å². The molecular weight excluding hydrogens is 317 g/mol. The van der Waals surface area contributed by atoms with Crippen molar-refractivity contribution in [1.82, 2.24) is 4.98 Å². The first-order chi connectivity index (χ1) is 11.1. The van der Waals surface area contributed by atoms with E-state index >= 15 is 0 Å². The molecule has 1 saturated heterocycles. The number of benzene rings is 1. The highest BCUT2D eigenvalue weighted by molar-refractivity contribution is 7.14. The second-order valence-electron chi connectivity index (χ2n) is 5.66. The number of amides is 1. The van der Waals surface area contributed by atoms with Crippen molar-refractivity contribution < 1.29 is 13.9 Å². The number of halogens is 1. The molecule has 1 aliphatic heterocycles. The number of primary amides is 1. The lowest BCUT2D eigenvalue weighted by molar-refractivity contribution is -0.132. The van der Waals surface area contributed by atoms with Crippen LogP contribution in [0.4, 0.5) is 9.52 Å². The molecule has 122 valence electrons. The van der Waals surface area contributed by atoms with Gasteiger partial charge in [0.05, 0.1) is 11.1 Å². The van der Waals surface area contributed by atoms with Crippen LogP contribution in [0.2, 0.25) is 0 Å². The molecule has 1 fully saturated rings. The van der Waals surface area contributed by atoms with Crippen LogP contribution >= 0.6 is 11.3 Å². The van der Waals surface area contributed by atoms with Crippen molar-refractivity contribution in [2.24, 2.45) is 11.1 Å². The van der Waals surface area contributed by atoms with Gasteiger partial charge in [0.1, 0.15) is 5.82 Å². The third kappa shape index (κ3) is 3.51. The maximum Gasteiger partial charge on any atom is 0.225 e. The third-order valence-electron chi connectivity index (χ3n) is 4.19. The number of ether oxygens (including phenoxy) is 1. The fraction of sp³-hybridized carbons (Fsp3) is 0.375. The Morgan fingerprint density at radius 3 is 2.70 bits per heavy atom. The number of nitrogens with one attached hydrogen (secondary N) is 1. The Morgan fingerprint density at radius 1 is 1.35 bits per heavy atom. The maximum atomic E-state index is 13.0. The zero-order valence-electron chi connectivity index (χ0n) is 12.5. The predicted molar refractivity (Wildman–Crippen MR) is 87.7 cm³/mol. The summed E-state index contributed by atoms with van der Waals surface area (Å²) in [5.41, 5.74) is 6.64. The summed E-state index contributed by atoms with van der Waals surface area (Å²) in [7, 11) is 0. The highest BCUT2D eigenvalue weighted by Crippen LogP contribution is 2.32. The summed E-state index contributed by atoms with van der Waals surface area (Å²) in [5, 5.41) is 5.83. The molecule has 7 heteroatoms. The molecule has 2 aromatic rings. The number of aromatic nitrogens is 1. The molecule has 1 aliphatic rings. The van der Waals surface area contributed by atoms with Crippen molar-refractivity contribution in [3.05, 3.63) is 35.5 Å². The molecule has 0 aliphatic carbocycles. The molecule has 1 amide bonds. The lowest BCUT2D eigenvalue weighted by atomic mass is 9.79. The van der Waals surface area contributed by atoms with E-state index in [0.29, 0.717) is 32.6 Å². The fourth-order valence-corrected chi connectivity index (χ4v) is 3.34. The van der Waals surface area contributed by atoms with E-state index in [4.69, 9.17) is 10.5 Å². The van der Waals surface area contributed by atoms with Crippen LogP contribution in [0.1, 0.15) is 12.8 Å². The largest absolute Gasteiger partial charge is 0.381 e. The van der Waals surface area contributed by atoms with Crippen molar-refractivity contribution >= 4 is 22.4 Å². The summed E-state index contributed by atoms with van der Waals surface area (Å²) in [4.78, 5) is 16.3. The van der Waals surface area contributed by atoms with Gasteiger partial charge in [-0.1, -0.05) is 0 Å². The number of anilines is 1. The van der Waals surface area contributed by atoms with Crippen LogP contribution < -0.4 is 11.1 Å². The number of hydrogen-bond acceptors (Lipinski definition) is 5. The Balaban J connectivity index is 1.69. The molecule has 23 heavy (non-hydrogen) atoms. The van der Waals surface area contributed by atoms with Gasteiger partial charge in [-0.2, -0.15) is 0 Å². The SMILES string of the molecule is NC(=O)C1(CNc2nc(-c3ccc(F)cc3)cs2)CCOCC1. The molecule has 2 heterocycles. The minimum atomic E-state index is -0.583. The minimum Gasteiger partial charge on any atom is -0.381 e. The molecule has 5 nitrogen and oxygen atoms in total. The average Bonchev–Trinajstić information content (AvgIpc) is 3.03. The number of nitrogens with two attached hydrogens (primary N) is 1. The number of hydrogen-bond donors (Lipinski definition) is 2. The monoisotopic (exact) mass is 335 g/mol. The van der Waals surface area contributed by atoms with Gasteiger partial charge >= 0.3 is 0 Å². The summed E-state index contributed by atoms with van der Waals surface area (Å²) in [6, 6.07) is 6.20. The van der Waals surface area contributed by atoms with E-state index in [2.05, 4.69) is 10.3 Å². The quantitative estimate of drug-likeness (QED) is 0.880. The van der Waals surface area contributed by atoms with Gasteiger partial charge in [0.25, 0.3) is 0 Å². The van der Waals surface area contributed by atoms with E-state index in [1.807, 2.05) is 5.38 Å². The van der Waals surface area contributed by atoms with E-state index in [1.54, 1.807) is 12.1 Å². The van der Waals surface area contributed by atoms with Crippen LogP contribution in [0.15, 0.2) is 29.6 Å². The lowest BCUT2D eigenvalue weighted by Crippen LogP contribution is -2.46. The first-order valence-corrected chi connectivity index (χ1v) is 8.30. The van der Waals surface area contributed by atoms with Crippen molar-refractivity contribution in [1.29, 1.82) is 0 Å². The van der Waals surface area contributed by atoms with E-state index < -0.39 is 5.41 Å². The van der Waals surface area contributed by atoms with Gasteiger partial charge < -0.3 is 15.8 Å². The lowest BCUT2D eigenvalue weighted by Gasteiger charge is -2.34. The molecule has 0 saturated carbocycles. The Morgan fingerprint density at radius 2 is 2.04 bits per heavy atom. The van der Waals surface area contributed by atoms with Gasteiger partial charge in [-0.05, 0) is 37.1 Å². The molecule has 0 unspecified atom stereocenters. The zero-order valence-corrected chi connectivity index (χ0v) is 13.4. The van der Waals surface area contributed by atoms with Gasteiger partial charge in [-0.3, -0.25) is 4.79 Å². The molecule has 1 aromatic heterocycles. The highest BCUT2D eigenvalue weighted by atomic mass is 32.1.